The number of carbonyl (C=O) groups excluding carboxylic acids is 2. The van der Waals surface area contributed by atoms with Gasteiger partial charge in [0.15, 0.2) is 5.13 Å². The van der Waals surface area contributed by atoms with Gasteiger partial charge in [0, 0.05) is 22.6 Å². The second kappa shape index (κ2) is 7.53. The second-order valence-corrected chi connectivity index (χ2v) is 12.6. The van der Waals surface area contributed by atoms with Crippen LogP contribution in [0.4, 0.5) is 5.13 Å². The third-order valence-corrected chi connectivity index (χ3v) is 10.2. The largest absolute Gasteiger partial charge is 0.545 e. The van der Waals surface area contributed by atoms with E-state index in [1.54, 1.807) is 0 Å². The van der Waals surface area contributed by atoms with Gasteiger partial charge >= 0.3 is 5.97 Å². The Morgan fingerprint density at radius 3 is 2.79 bits per heavy atom. The Hall–Kier alpha value is -2.46. The predicted molar refractivity (Wildman–Crippen MR) is 119 cm³/mol. The fourth-order valence-electron chi connectivity index (χ4n) is 6.09. The summed E-state index contributed by atoms with van der Waals surface area (Å²) in [5.74, 6) is -1.31. The fourth-order valence-corrected chi connectivity index (χ4v) is 8.63. The molecule has 8 nitrogen and oxygen atoms in total. The Bertz CT molecular complexity index is 1260. The van der Waals surface area contributed by atoms with Crippen LogP contribution in [0.1, 0.15) is 60.5 Å². The molecule has 1 aromatic carbocycles. The molecule has 0 bridgehead atoms. The van der Waals surface area contributed by atoms with Crippen molar-refractivity contribution in [2.75, 3.05) is 4.72 Å². The summed E-state index contributed by atoms with van der Waals surface area (Å²) in [6.07, 6.45) is 2.55. The summed E-state index contributed by atoms with van der Waals surface area (Å²) in [6.45, 7) is 6.26. The molecule has 6 atom stereocenters. The second-order valence-electron chi connectivity index (χ2n) is 9.79. The van der Waals surface area contributed by atoms with E-state index in [1.165, 1.54) is 29.5 Å². The molecule has 5 rings (SSSR count). The summed E-state index contributed by atoms with van der Waals surface area (Å²) < 4.78 is 34.1. The summed E-state index contributed by atoms with van der Waals surface area (Å²) in [6, 6.07) is 5.04. The third-order valence-electron chi connectivity index (χ3n) is 7.76. The monoisotopic (exact) mass is 489 g/mol. The van der Waals surface area contributed by atoms with Gasteiger partial charge < -0.3 is 14.6 Å². The van der Waals surface area contributed by atoms with E-state index in [-0.39, 0.29) is 56.8 Å². The standard InChI is InChI=1S/C23H26N2O6S2/c1-11-15-7-8-23(3)10-16-18(12(2)17(23)19(15)31-21(11)28)24-22(32-16)25-33(29,30)14-6-4-5-13(9-14)20(26)27/h4-6,9,11-12,15,17,19H,7-8,10H2,1-3H3,(H,24,25)(H,26,27)/p-1/t11-,12-,15-,17+,19-,23-/m0/s1. The van der Waals surface area contributed by atoms with Gasteiger partial charge in [-0.1, -0.05) is 32.9 Å². The highest BCUT2D eigenvalue weighted by atomic mass is 32.2. The quantitative estimate of drug-likeness (QED) is 0.654. The van der Waals surface area contributed by atoms with E-state index in [0.717, 1.165) is 35.9 Å². The van der Waals surface area contributed by atoms with Crippen LogP contribution in [0.15, 0.2) is 29.2 Å². The van der Waals surface area contributed by atoms with Gasteiger partial charge in [-0.3, -0.25) is 9.52 Å². The van der Waals surface area contributed by atoms with Crippen LogP contribution < -0.4 is 9.83 Å². The van der Waals surface area contributed by atoms with Gasteiger partial charge in [-0.15, -0.1) is 11.3 Å². The van der Waals surface area contributed by atoms with E-state index >= 15 is 0 Å². The summed E-state index contributed by atoms with van der Waals surface area (Å²) in [4.78, 5) is 28.9. The average molecular weight is 490 g/mol. The maximum absolute atomic E-state index is 12.9. The Kier molecular flexibility index (Phi) is 5.09. The number of carboxylic acid groups (broad SMARTS) is 1. The zero-order chi connectivity index (χ0) is 23.7. The van der Waals surface area contributed by atoms with E-state index in [9.17, 15) is 23.1 Å². The number of nitrogens with one attached hydrogen (secondary N) is 1. The molecule has 2 heterocycles. The molecule has 0 amide bonds. The number of hydrogen-bond donors (Lipinski definition) is 1. The highest BCUT2D eigenvalue weighted by Crippen LogP contribution is 2.59. The number of carbonyl (C=O) groups is 2. The van der Waals surface area contributed by atoms with Gasteiger partial charge in [-0.25, -0.2) is 13.4 Å². The SMILES string of the molecule is C[C@@H]1C(=O)O[C@H]2[C@H]1CC[C@@]1(C)Cc3sc(NS(=O)(=O)c4cccc(C(=O)[O-])c4)nc3[C@@H](C)[C@H]21. The topological polar surface area (TPSA) is 125 Å². The summed E-state index contributed by atoms with van der Waals surface area (Å²) >= 11 is 1.31. The lowest BCUT2D eigenvalue weighted by molar-refractivity contribution is -0.255. The van der Waals surface area contributed by atoms with Crippen LogP contribution in [0.3, 0.4) is 0 Å². The molecule has 0 spiro atoms. The van der Waals surface area contributed by atoms with Crippen molar-refractivity contribution in [1.82, 2.24) is 4.98 Å². The molecule has 0 unspecified atom stereocenters. The van der Waals surface area contributed by atoms with Crippen molar-refractivity contribution < 1.29 is 27.9 Å². The highest BCUT2D eigenvalue weighted by Gasteiger charge is 2.58. The van der Waals surface area contributed by atoms with Gasteiger partial charge in [0.25, 0.3) is 10.0 Å². The lowest BCUT2D eigenvalue weighted by atomic mass is 9.54. The zero-order valence-electron chi connectivity index (χ0n) is 18.5. The van der Waals surface area contributed by atoms with Crippen LogP contribution in [-0.4, -0.2) is 31.4 Å². The lowest BCUT2D eigenvalue weighted by Crippen LogP contribution is -2.50. The smallest absolute Gasteiger partial charge is 0.309 e. The first-order valence-electron chi connectivity index (χ1n) is 11.0. The minimum atomic E-state index is -4.02. The van der Waals surface area contributed by atoms with Crippen molar-refractivity contribution in [3.8, 4) is 0 Å². The van der Waals surface area contributed by atoms with Crippen molar-refractivity contribution >= 4 is 38.4 Å². The number of fused-ring (bicyclic) bond motifs is 4. The zero-order valence-corrected chi connectivity index (χ0v) is 20.2. The number of thiazole rings is 1. The number of rotatable bonds is 4. The number of sulfonamides is 1. The number of carboxylic acids is 1. The Labute approximate surface area is 196 Å². The first kappa shape index (κ1) is 22.3. The molecule has 1 saturated heterocycles. The fraction of sp³-hybridized carbons (Fsp3) is 0.522. The van der Waals surface area contributed by atoms with Crippen LogP contribution >= 0.6 is 11.3 Å². The number of nitrogens with zero attached hydrogens (tertiary/aromatic N) is 1. The van der Waals surface area contributed by atoms with Gasteiger partial charge in [0.2, 0.25) is 0 Å². The molecule has 1 aromatic heterocycles. The highest BCUT2D eigenvalue weighted by molar-refractivity contribution is 7.93. The molecule has 10 heteroatoms. The van der Waals surface area contributed by atoms with Crippen LogP contribution in [0.2, 0.25) is 0 Å². The molecular weight excluding hydrogens is 464 g/mol. The Balaban J connectivity index is 1.45. The molecule has 3 aliphatic rings. The molecule has 1 aliphatic heterocycles. The molecule has 0 radical (unpaired) electrons. The summed E-state index contributed by atoms with van der Waals surface area (Å²) in [5, 5.41) is 11.4. The number of aromatic nitrogens is 1. The number of hydrogen-bond acceptors (Lipinski definition) is 8. The molecule has 176 valence electrons. The molecule has 2 fully saturated rings. The first-order valence-corrected chi connectivity index (χ1v) is 13.3. The Morgan fingerprint density at radius 1 is 1.30 bits per heavy atom. The van der Waals surface area contributed by atoms with E-state index in [4.69, 9.17) is 4.74 Å². The van der Waals surface area contributed by atoms with E-state index < -0.39 is 16.0 Å². The van der Waals surface area contributed by atoms with Crippen molar-refractivity contribution in [3.05, 3.63) is 40.4 Å². The van der Waals surface area contributed by atoms with Crippen LogP contribution in [-0.2, 0) is 26.0 Å². The molecule has 2 aliphatic carbocycles. The minimum absolute atomic E-state index is 0.0144. The maximum atomic E-state index is 12.9. The van der Waals surface area contributed by atoms with Crippen LogP contribution in [0.5, 0.6) is 0 Å². The molecular formula is C23H25N2O6S2-. The number of aromatic carboxylic acids is 1. The number of esters is 1. The number of benzene rings is 1. The third kappa shape index (κ3) is 3.54. The van der Waals surface area contributed by atoms with Gasteiger partial charge in [-0.05, 0) is 42.4 Å². The molecule has 2 aromatic rings. The summed E-state index contributed by atoms with van der Waals surface area (Å²) in [7, 11) is -4.02. The minimum Gasteiger partial charge on any atom is -0.545 e. The van der Waals surface area contributed by atoms with Gasteiger partial charge in [0.1, 0.15) is 6.10 Å². The average Bonchev–Trinajstić information content (AvgIpc) is 3.27. The predicted octanol–water partition coefficient (Wildman–Crippen LogP) is 2.56. The molecule has 33 heavy (non-hydrogen) atoms. The van der Waals surface area contributed by atoms with Crippen LogP contribution in [0.25, 0.3) is 0 Å². The molecule has 1 N–H and O–H groups in total. The normalized spacial score (nSPS) is 32.9. The van der Waals surface area contributed by atoms with Crippen molar-refractivity contribution in [2.24, 2.45) is 23.2 Å². The van der Waals surface area contributed by atoms with Crippen molar-refractivity contribution in [2.45, 2.75) is 57.0 Å². The molecule has 1 saturated carbocycles. The number of anilines is 1. The maximum Gasteiger partial charge on any atom is 0.309 e. The Morgan fingerprint density at radius 2 is 2.06 bits per heavy atom. The van der Waals surface area contributed by atoms with E-state index in [1.807, 2.05) is 6.92 Å². The van der Waals surface area contributed by atoms with Gasteiger partial charge in [-0.2, -0.15) is 0 Å². The van der Waals surface area contributed by atoms with E-state index in [2.05, 4.69) is 23.6 Å². The van der Waals surface area contributed by atoms with Crippen molar-refractivity contribution in [3.63, 3.8) is 0 Å². The lowest BCUT2D eigenvalue weighted by Gasteiger charge is -2.51. The van der Waals surface area contributed by atoms with Crippen LogP contribution in [0, 0.1) is 23.2 Å². The van der Waals surface area contributed by atoms with Crippen molar-refractivity contribution in [1.29, 1.82) is 0 Å². The number of ether oxygens (including phenoxy) is 1. The summed E-state index contributed by atoms with van der Waals surface area (Å²) in [5.41, 5.74) is 0.584. The van der Waals surface area contributed by atoms with E-state index in [0.29, 0.717) is 0 Å². The first-order chi connectivity index (χ1) is 15.5. The van der Waals surface area contributed by atoms with Gasteiger partial charge in [0.05, 0.1) is 22.5 Å².